The van der Waals surface area contributed by atoms with E-state index in [0.717, 1.165) is 5.39 Å². The van der Waals surface area contributed by atoms with Crippen LogP contribution in [0.3, 0.4) is 0 Å². The van der Waals surface area contributed by atoms with Crippen LogP contribution in [-0.2, 0) is 0 Å². The predicted octanol–water partition coefficient (Wildman–Crippen LogP) is 3.24. The van der Waals surface area contributed by atoms with E-state index in [-0.39, 0.29) is 5.88 Å². The summed E-state index contributed by atoms with van der Waals surface area (Å²) in [6.07, 6.45) is 0. The van der Waals surface area contributed by atoms with E-state index >= 15 is 0 Å². The van der Waals surface area contributed by atoms with Crippen LogP contribution in [0.15, 0.2) is 28.4 Å². The number of azo groups is 1. The Bertz CT molecular complexity index is 504. The number of aromatic amines is 1. The molecule has 0 aliphatic carbocycles. The number of para-hydroxylation sites is 1. The van der Waals surface area contributed by atoms with Gasteiger partial charge in [0.25, 0.3) is 0 Å². The number of aromatic hydroxyl groups is 1. The highest BCUT2D eigenvalue weighted by Crippen LogP contribution is 2.37. The van der Waals surface area contributed by atoms with Gasteiger partial charge in [-0.2, -0.15) is 5.11 Å². The highest BCUT2D eigenvalue weighted by Gasteiger charge is 2.11. The van der Waals surface area contributed by atoms with Gasteiger partial charge in [0.05, 0.1) is 10.5 Å². The molecule has 0 bridgehead atoms. The summed E-state index contributed by atoms with van der Waals surface area (Å²) in [4.78, 5) is 2.75. The molecule has 0 amide bonds. The monoisotopic (exact) mass is 209 g/mol. The number of benzene rings is 1. The first-order chi connectivity index (χ1) is 6.74. The lowest BCUT2D eigenvalue weighted by molar-refractivity contribution is 0.459. The van der Waals surface area contributed by atoms with Gasteiger partial charge in [0.15, 0.2) is 5.69 Å². The Morgan fingerprint density at radius 2 is 2.21 bits per heavy atom. The number of nitrogens with zero attached hydrogens (tertiary/aromatic N) is 2. The first kappa shape index (κ1) is 9.02. The average Bonchev–Trinajstić information content (AvgIpc) is 2.47. The summed E-state index contributed by atoms with van der Waals surface area (Å²) in [6, 6.07) is 5.36. The van der Waals surface area contributed by atoms with Gasteiger partial charge in [-0.15, -0.1) is 5.11 Å². The second-order valence-corrected chi connectivity index (χ2v) is 3.19. The van der Waals surface area contributed by atoms with E-state index in [0.29, 0.717) is 16.2 Å². The van der Waals surface area contributed by atoms with Crippen molar-refractivity contribution >= 4 is 28.2 Å². The zero-order valence-electron chi connectivity index (χ0n) is 7.45. The highest BCUT2D eigenvalue weighted by molar-refractivity contribution is 6.35. The fraction of sp³-hybridized carbons (Fsp3) is 0.111. The third-order valence-corrected chi connectivity index (χ3v) is 2.25. The number of hydrogen-bond donors (Lipinski definition) is 2. The van der Waals surface area contributed by atoms with Gasteiger partial charge in [0.2, 0.25) is 5.88 Å². The first-order valence-corrected chi connectivity index (χ1v) is 4.41. The van der Waals surface area contributed by atoms with E-state index < -0.39 is 0 Å². The molecule has 0 aliphatic rings. The van der Waals surface area contributed by atoms with Crippen LogP contribution in [0.2, 0.25) is 5.02 Å². The molecule has 2 N–H and O–H groups in total. The molecule has 0 spiro atoms. The molecule has 5 heteroatoms. The summed E-state index contributed by atoms with van der Waals surface area (Å²) in [5.41, 5.74) is 1.10. The summed E-state index contributed by atoms with van der Waals surface area (Å²) < 4.78 is 0. The smallest absolute Gasteiger partial charge is 0.218 e. The number of rotatable bonds is 1. The molecule has 0 aliphatic heterocycles. The Morgan fingerprint density at radius 3 is 2.93 bits per heavy atom. The molecule has 0 atom stereocenters. The number of halogens is 1. The quantitative estimate of drug-likeness (QED) is 0.696. The van der Waals surface area contributed by atoms with Gasteiger partial charge in [-0.25, -0.2) is 0 Å². The van der Waals surface area contributed by atoms with Crippen molar-refractivity contribution in [3.63, 3.8) is 0 Å². The molecule has 0 radical (unpaired) electrons. The SMILES string of the molecule is CN=Nc1c(O)[nH]c2c(Cl)cccc12. The highest BCUT2D eigenvalue weighted by atomic mass is 35.5. The van der Waals surface area contributed by atoms with E-state index in [1.54, 1.807) is 19.2 Å². The van der Waals surface area contributed by atoms with Crippen molar-refractivity contribution in [2.24, 2.45) is 10.2 Å². The van der Waals surface area contributed by atoms with Crippen LogP contribution in [0.25, 0.3) is 10.9 Å². The number of aromatic nitrogens is 1. The number of fused-ring (bicyclic) bond motifs is 1. The first-order valence-electron chi connectivity index (χ1n) is 4.03. The fourth-order valence-corrected chi connectivity index (χ4v) is 1.58. The Kier molecular flexibility index (Phi) is 2.13. The van der Waals surface area contributed by atoms with Gasteiger partial charge in [-0.1, -0.05) is 23.7 Å². The molecule has 2 aromatic rings. The topological polar surface area (TPSA) is 60.7 Å². The summed E-state index contributed by atoms with van der Waals surface area (Å²) in [7, 11) is 1.54. The minimum atomic E-state index is -0.0151. The van der Waals surface area contributed by atoms with Crippen LogP contribution >= 0.6 is 11.6 Å². The molecule has 4 nitrogen and oxygen atoms in total. The predicted molar refractivity (Wildman–Crippen MR) is 55.4 cm³/mol. The minimum absolute atomic E-state index is 0.0151. The summed E-state index contributed by atoms with van der Waals surface area (Å²) in [6.45, 7) is 0. The molecule has 2 rings (SSSR count). The molecule has 0 saturated carbocycles. The molecule has 0 unspecified atom stereocenters. The van der Waals surface area contributed by atoms with Crippen molar-refractivity contribution in [1.29, 1.82) is 0 Å². The Morgan fingerprint density at radius 1 is 1.43 bits per heavy atom. The zero-order chi connectivity index (χ0) is 10.1. The van der Waals surface area contributed by atoms with E-state index in [4.69, 9.17) is 11.6 Å². The maximum absolute atomic E-state index is 9.52. The third kappa shape index (κ3) is 1.24. The molecule has 14 heavy (non-hydrogen) atoms. The maximum atomic E-state index is 9.52. The van der Waals surface area contributed by atoms with Crippen LogP contribution in [0.4, 0.5) is 5.69 Å². The standard InChI is InChI=1S/C9H8ClN3O/c1-11-13-8-5-3-2-4-6(10)7(5)12-9(8)14/h2-4,12,14H,1H3. The molecule has 0 saturated heterocycles. The second kappa shape index (κ2) is 3.31. The van der Waals surface area contributed by atoms with Gasteiger partial charge >= 0.3 is 0 Å². The lowest BCUT2D eigenvalue weighted by atomic mass is 10.2. The van der Waals surface area contributed by atoms with Crippen molar-refractivity contribution in [2.45, 2.75) is 0 Å². The largest absolute Gasteiger partial charge is 0.493 e. The van der Waals surface area contributed by atoms with Gasteiger partial charge in [-0.3, -0.25) is 0 Å². The number of H-pyrrole nitrogens is 1. The minimum Gasteiger partial charge on any atom is -0.493 e. The van der Waals surface area contributed by atoms with Gasteiger partial charge < -0.3 is 10.1 Å². The van der Waals surface area contributed by atoms with Crippen LogP contribution < -0.4 is 0 Å². The van der Waals surface area contributed by atoms with Gasteiger partial charge in [0.1, 0.15) is 0 Å². The Balaban J connectivity index is 2.83. The molecular weight excluding hydrogens is 202 g/mol. The third-order valence-electron chi connectivity index (χ3n) is 1.94. The van der Waals surface area contributed by atoms with Crippen molar-refractivity contribution in [3.8, 4) is 5.88 Å². The molecular formula is C9H8ClN3O. The second-order valence-electron chi connectivity index (χ2n) is 2.78. The molecule has 1 aromatic carbocycles. The van der Waals surface area contributed by atoms with Crippen molar-refractivity contribution in [2.75, 3.05) is 7.05 Å². The van der Waals surface area contributed by atoms with E-state index in [1.165, 1.54) is 0 Å². The average molecular weight is 210 g/mol. The van der Waals surface area contributed by atoms with Crippen LogP contribution in [0, 0.1) is 0 Å². The molecule has 72 valence electrons. The zero-order valence-corrected chi connectivity index (χ0v) is 8.21. The van der Waals surface area contributed by atoms with E-state index in [9.17, 15) is 5.11 Å². The number of nitrogens with one attached hydrogen (secondary N) is 1. The van der Waals surface area contributed by atoms with Crippen LogP contribution in [0.1, 0.15) is 0 Å². The van der Waals surface area contributed by atoms with Crippen LogP contribution in [-0.4, -0.2) is 17.1 Å². The molecule has 1 aromatic heterocycles. The molecule has 0 fully saturated rings. The summed E-state index contributed by atoms with van der Waals surface area (Å²) in [5, 5.41) is 18.3. The lowest BCUT2D eigenvalue weighted by Gasteiger charge is -1.91. The van der Waals surface area contributed by atoms with Crippen LogP contribution in [0.5, 0.6) is 5.88 Å². The Labute approximate surface area is 85.2 Å². The summed E-state index contributed by atoms with van der Waals surface area (Å²) in [5.74, 6) is -0.0151. The van der Waals surface area contributed by atoms with Crippen molar-refractivity contribution < 1.29 is 5.11 Å². The normalized spacial score (nSPS) is 11.6. The van der Waals surface area contributed by atoms with E-state index in [2.05, 4.69) is 15.2 Å². The van der Waals surface area contributed by atoms with Crippen molar-refractivity contribution in [3.05, 3.63) is 23.2 Å². The van der Waals surface area contributed by atoms with Gasteiger partial charge in [-0.05, 0) is 6.07 Å². The van der Waals surface area contributed by atoms with E-state index in [1.807, 2.05) is 6.07 Å². The van der Waals surface area contributed by atoms with Crippen molar-refractivity contribution in [1.82, 2.24) is 4.98 Å². The van der Waals surface area contributed by atoms with Gasteiger partial charge in [0, 0.05) is 12.4 Å². The summed E-state index contributed by atoms with van der Waals surface area (Å²) >= 11 is 5.93. The Hall–Kier alpha value is -1.55. The lowest BCUT2D eigenvalue weighted by Crippen LogP contribution is -1.68. The fourth-order valence-electron chi connectivity index (χ4n) is 1.35. The number of hydrogen-bond acceptors (Lipinski definition) is 3. The molecule has 1 heterocycles. The maximum Gasteiger partial charge on any atom is 0.218 e.